The molecule has 0 aromatic rings. The normalized spacial score (nSPS) is 12.0. The monoisotopic (exact) mass is 238 g/mol. The summed E-state index contributed by atoms with van der Waals surface area (Å²) in [7, 11) is -4.38. The molecule has 0 bridgehead atoms. The van der Waals surface area contributed by atoms with Crippen molar-refractivity contribution in [3.05, 3.63) is 12.7 Å². The van der Waals surface area contributed by atoms with Crippen molar-refractivity contribution in [2.45, 2.75) is 6.42 Å². The second-order valence-electron chi connectivity index (χ2n) is 2.97. The summed E-state index contributed by atoms with van der Waals surface area (Å²) in [6, 6.07) is 0. The van der Waals surface area contributed by atoms with Crippen LogP contribution in [-0.2, 0) is 14.2 Å². The van der Waals surface area contributed by atoms with Crippen LogP contribution in [0.4, 0.5) is 0 Å². The van der Waals surface area contributed by atoms with Crippen LogP contribution in [0.5, 0.6) is 0 Å². The average Bonchev–Trinajstić information content (AvgIpc) is 2.12. The molecule has 2 N–H and O–H groups in total. The van der Waals surface area contributed by atoms with Crippen molar-refractivity contribution in [3.8, 4) is 0 Å². The molecule has 0 aliphatic carbocycles. The molecule has 0 unspecified atom stereocenters. The summed E-state index contributed by atoms with van der Waals surface area (Å²) in [5.41, 5.74) is 0. The van der Waals surface area contributed by atoms with E-state index in [0.29, 0.717) is 26.1 Å². The van der Waals surface area contributed by atoms with Gasteiger partial charge in [-0.1, -0.05) is 6.08 Å². The maximum atomic E-state index is 10.4. The van der Waals surface area contributed by atoms with Gasteiger partial charge >= 0.3 is 7.82 Å². The van der Waals surface area contributed by atoms with Crippen molar-refractivity contribution < 1.29 is 24.0 Å². The molecule has 1 radical (unpaired) electrons. The largest absolute Gasteiger partial charge is 0.469 e. The van der Waals surface area contributed by atoms with E-state index in [1.54, 1.807) is 6.08 Å². The van der Waals surface area contributed by atoms with Crippen LogP contribution in [0.2, 0.25) is 0 Å². The number of nitrogens with zero attached hydrogens (tertiary/aromatic N) is 1. The molecule has 0 spiro atoms. The molecule has 0 heterocycles. The Morgan fingerprint density at radius 3 is 2.53 bits per heavy atom. The molecule has 7 heteroatoms. The van der Waals surface area contributed by atoms with Crippen molar-refractivity contribution in [2.24, 2.45) is 0 Å². The minimum Gasteiger partial charge on any atom is -0.303 e. The third-order valence-electron chi connectivity index (χ3n) is 1.67. The van der Waals surface area contributed by atoms with Crippen LogP contribution in [0, 0.1) is 0 Å². The van der Waals surface area contributed by atoms with Crippen molar-refractivity contribution in [3.63, 3.8) is 0 Å². The zero-order valence-corrected chi connectivity index (χ0v) is 9.44. The Morgan fingerprint density at radius 2 is 2.07 bits per heavy atom. The van der Waals surface area contributed by atoms with Crippen LogP contribution in [0.1, 0.15) is 6.42 Å². The quantitative estimate of drug-likeness (QED) is 0.448. The van der Waals surface area contributed by atoms with Crippen LogP contribution in [0.15, 0.2) is 12.7 Å². The lowest BCUT2D eigenvalue weighted by Crippen LogP contribution is -2.29. The van der Waals surface area contributed by atoms with Gasteiger partial charge in [0, 0.05) is 19.6 Å². The van der Waals surface area contributed by atoms with Gasteiger partial charge in [-0.2, -0.15) is 0 Å². The Labute approximate surface area is 89.4 Å². The first kappa shape index (κ1) is 14.8. The Balaban J connectivity index is 3.74. The third kappa shape index (κ3) is 10.1. The van der Waals surface area contributed by atoms with Gasteiger partial charge < -0.3 is 9.79 Å². The first-order valence-electron chi connectivity index (χ1n) is 4.61. The number of hydrogen-bond donors (Lipinski definition) is 2. The predicted molar refractivity (Wildman–Crippen MR) is 54.8 cm³/mol. The van der Waals surface area contributed by atoms with E-state index in [2.05, 4.69) is 11.1 Å². The van der Waals surface area contributed by atoms with E-state index >= 15 is 0 Å². The molecule has 0 atom stereocenters. The Hall–Kier alpha value is -0.230. The third-order valence-corrected chi connectivity index (χ3v) is 2.19. The Bertz CT molecular complexity index is 217. The molecule has 0 saturated carbocycles. The van der Waals surface area contributed by atoms with Gasteiger partial charge in [-0.15, -0.1) is 6.58 Å². The average molecular weight is 238 g/mol. The zero-order chi connectivity index (χ0) is 11.7. The fourth-order valence-electron chi connectivity index (χ4n) is 1.05. The number of hydrogen-bond acceptors (Lipinski definition) is 3. The molecular weight excluding hydrogens is 221 g/mol. The van der Waals surface area contributed by atoms with E-state index < -0.39 is 7.82 Å². The standard InChI is InChI=1S/C8H17NO5P/c1-2-4-9(5-3-7-10)6-8-14-15(11,12)13/h2H,1,3-8H2,(H2,11,12,13). The molecule has 6 nitrogen and oxygen atoms in total. The smallest absolute Gasteiger partial charge is 0.303 e. The number of phosphoric acid groups is 1. The van der Waals surface area contributed by atoms with E-state index in [9.17, 15) is 9.67 Å². The SMILES string of the molecule is C=CCN(CCC[O])CCOP(=O)(O)O. The van der Waals surface area contributed by atoms with Crippen molar-refractivity contribution >= 4 is 7.82 Å². The molecule has 0 saturated heterocycles. The minimum atomic E-state index is -4.38. The first-order valence-corrected chi connectivity index (χ1v) is 6.14. The molecule has 0 aliphatic heterocycles. The highest BCUT2D eigenvalue weighted by atomic mass is 31.2. The first-order chi connectivity index (χ1) is 6.99. The van der Waals surface area contributed by atoms with Crippen LogP contribution >= 0.6 is 7.82 Å². The highest BCUT2D eigenvalue weighted by Gasteiger charge is 2.13. The Kier molecular flexibility index (Phi) is 7.86. The maximum absolute atomic E-state index is 10.4. The molecule has 0 aromatic carbocycles. The summed E-state index contributed by atoms with van der Waals surface area (Å²) in [6.07, 6.45) is 2.17. The van der Waals surface area contributed by atoms with Gasteiger partial charge in [-0.3, -0.25) is 9.42 Å². The summed E-state index contributed by atoms with van der Waals surface area (Å²) in [5.74, 6) is 0. The van der Waals surface area contributed by atoms with Crippen LogP contribution < -0.4 is 0 Å². The molecule has 15 heavy (non-hydrogen) atoms. The summed E-state index contributed by atoms with van der Waals surface area (Å²) in [5, 5.41) is 10.3. The van der Waals surface area contributed by atoms with E-state index in [1.165, 1.54) is 0 Å². The van der Waals surface area contributed by atoms with E-state index in [1.807, 2.05) is 4.90 Å². The molecule has 0 fully saturated rings. The lowest BCUT2D eigenvalue weighted by molar-refractivity contribution is 0.146. The number of phosphoric ester groups is 1. The van der Waals surface area contributed by atoms with Crippen molar-refractivity contribution in [2.75, 3.05) is 32.8 Å². The number of rotatable bonds is 9. The van der Waals surface area contributed by atoms with E-state index in [-0.39, 0.29) is 13.2 Å². The molecule has 89 valence electrons. The maximum Gasteiger partial charge on any atom is 0.469 e. The van der Waals surface area contributed by atoms with Gasteiger partial charge in [0.25, 0.3) is 0 Å². The highest BCUT2D eigenvalue weighted by molar-refractivity contribution is 7.46. The van der Waals surface area contributed by atoms with Crippen LogP contribution in [0.25, 0.3) is 0 Å². The molecule has 0 rings (SSSR count). The van der Waals surface area contributed by atoms with Gasteiger partial charge in [0.2, 0.25) is 0 Å². The van der Waals surface area contributed by atoms with Gasteiger partial charge in [-0.25, -0.2) is 9.67 Å². The molecule has 0 aliphatic rings. The van der Waals surface area contributed by atoms with Gasteiger partial charge in [-0.05, 0) is 6.42 Å². The van der Waals surface area contributed by atoms with Gasteiger partial charge in [0.1, 0.15) is 0 Å². The summed E-state index contributed by atoms with van der Waals surface area (Å²) < 4.78 is 14.7. The van der Waals surface area contributed by atoms with Crippen molar-refractivity contribution in [1.82, 2.24) is 4.90 Å². The molecular formula is C8H17NO5P. The predicted octanol–water partition coefficient (Wildman–Crippen LogP) is 0.404. The second kappa shape index (κ2) is 7.98. The lowest BCUT2D eigenvalue weighted by Gasteiger charge is -2.19. The fraction of sp³-hybridized carbons (Fsp3) is 0.750. The fourth-order valence-corrected chi connectivity index (χ4v) is 1.37. The summed E-state index contributed by atoms with van der Waals surface area (Å²) in [6.45, 7) is 4.86. The minimum absolute atomic E-state index is 0.0586. The van der Waals surface area contributed by atoms with Gasteiger partial charge in [0.05, 0.1) is 13.2 Å². The summed E-state index contributed by atoms with van der Waals surface area (Å²) in [4.78, 5) is 18.7. The Morgan fingerprint density at radius 1 is 1.40 bits per heavy atom. The topological polar surface area (TPSA) is 89.9 Å². The van der Waals surface area contributed by atoms with E-state index in [4.69, 9.17) is 9.79 Å². The highest BCUT2D eigenvalue weighted by Crippen LogP contribution is 2.35. The molecule has 0 amide bonds. The summed E-state index contributed by atoms with van der Waals surface area (Å²) >= 11 is 0. The zero-order valence-electron chi connectivity index (χ0n) is 8.54. The second-order valence-corrected chi connectivity index (χ2v) is 4.21. The lowest BCUT2D eigenvalue weighted by atomic mass is 10.4. The van der Waals surface area contributed by atoms with E-state index in [0.717, 1.165) is 0 Å². The van der Waals surface area contributed by atoms with Crippen LogP contribution in [-0.4, -0.2) is 47.5 Å². The van der Waals surface area contributed by atoms with Gasteiger partial charge in [0.15, 0.2) is 0 Å². The van der Waals surface area contributed by atoms with Crippen molar-refractivity contribution in [1.29, 1.82) is 0 Å². The molecule has 0 aromatic heterocycles. The van der Waals surface area contributed by atoms with Crippen LogP contribution in [0.3, 0.4) is 0 Å².